The average molecular weight is 436 g/mol. The second kappa shape index (κ2) is 12.7. The van der Waals surface area contributed by atoms with E-state index in [1.165, 1.54) is 6.92 Å². The quantitative estimate of drug-likeness (QED) is 0.133. The van der Waals surface area contributed by atoms with E-state index in [4.69, 9.17) is 21.1 Å². The summed E-state index contributed by atoms with van der Waals surface area (Å²) in [5, 5.41) is 52.0. The number of nitrogens with two attached hydrogens (primary N) is 1. The molecule has 0 bridgehead atoms. The van der Waals surface area contributed by atoms with Gasteiger partial charge in [-0.25, -0.2) is 4.79 Å². The largest absolute Gasteiger partial charge is 0.481 e. The highest BCUT2D eigenvalue weighted by Gasteiger charge is 2.33. The Morgan fingerprint density at radius 3 is 1.77 bits per heavy atom. The number of aliphatic carboxylic acids is 2. The Morgan fingerprint density at radius 1 is 0.833 bits per heavy atom. The summed E-state index contributed by atoms with van der Waals surface area (Å²) in [6.07, 6.45) is -3.73. The first-order chi connectivity index (χ1) is 13.8. The van der Waals surface area contributed by atoms with Crippen molar-refractivity contribution in [1.82, 2.24) is 16.0 Å². The molecule has 172 valence electrons. The van der Waals surface area contributed by atoms with Crippen LogP contribution in [0.1, 0.15) is 26.7 Å². The van der Waals surface area contributed by atoms with Crippen molar-refractivity contribution in [2.75, 3.05) is 6.61 Å². The number of carboxylic acids is 2. The SMILES string of the molecule is CC(O)C(N)C(=O)NC(CCC(=O)O)C(=O)NC(C(=O)NC(CO)C(=O)O)C(C)O. The zero-order chi connectivity index (χ0) is 23.6. The molecule has 0 aromatic carbocycles. The maximum Gasteiger partial charge on any atom is 0.328 e. The third-order valence-corrected chi connectivity index (χ3v) is 3.96. The number of rotatable bonds is 13. The average Bonchev–Trinajstić information content (AvgIpc) is 2.65. The van der Waals surface area contributed by atoms with Crippen LogP contribution in [0.3, 0.4) is 0 Å². The number of carbonyl (C=O) groups is 5. The summed E-state index contributed by atoms with van der Waals surface area (Å²) in [5.41, 5.74) is 5.47. The standard InChI is InChI=1S/C16H28N4O10/c1-6(22)11(17)14(27)18-8(3-4-10(24)25)13(26)20-12(7(2)23)15(28)19-9(5-21)16(29)30/h6-9,11-12,21-23H,3-5,17H2,1-2H3,(H,18,27)(H,19,28)(H,20,26)(H,24,25)(H,29,30). The van der Waals surface area contributed by atoms with Crippen molar-refractivity contribution in [1.29, 1.82) is 0 Å². The molecule has 0 aliphatic heterocycles. The molecular weight excluding hydrogens is 408 g/mol. The number of hydrogen-bond donors (Lipinski definition) is 9. The van der Waals surface area contributed by atoms with Gasteiger partial charge in [-0.3, -0.25) is 19.2 Å². The van der Waals surface area contributed by atoms with Crippen LogP contribution in [0.25, 0.3) is 0 Å². The molecular formula is C16H28N4O10. The molecule has 6 atom stereocenters. The maximum absolute atomic E-state index is 12.5. The Labute approximate surface area is 171 Å². The molecule has 0 saturated heterocycles. The van der Waals surface area contributed by atoms with E-state index in [9.17, 15) is 34.2 Å². The number of aliphatic hydroxyl groups excluding tert-OH is 3. The lowest BCUT2D eigenvalue weighted by molar-refractivity contribution is -0.144. The molecule has 0 aliphatic carbocycles. The van der Waals surface area contributed by atoms with Crippen LogP contribution in [0.15, 0.2) is 0 Å². The molecule has 10 N–H and O–H groups in total. The molecule has 0 spiro atoms. The van der Waals surface area contributed by atoms with Crippen molar-refractivity contribution in [3.63, 3.8) is 0 Å². The summed E-state index contributed by atoms with van der Waals surface area (Å²) in [6, 6.07) is -6.27. The van der Waals surface area contributed by atoms with Crippen LogP contribution in [-0.2, 0) is 24.0 Å². The summed E-state index contributed by atoms with van der Waals surface area (Å²) >= 11 is 0. The third kappa shape index (κ3) is 9.13. The lowest BCUT2D eigenvalue weighted by atomic mass is 10.1. The Morgan fingerprint density at radius 2 is 1.37 bits per heavy atom. The lowest BCUT2D eigenvalue weighted by Gasteiger charge is -2.26. The molecule has 0 rings (SSSR count). The van der Waals surface area contributed by atoms with Crippen LogP contribution in [-0.4, -0.2) is 98.2 Å². The van der Waals surface area contributed by atoms with E-state index in [1.54, 1.807) is 0 Å². The Bertz CT molecular complexity index is 640. The minimum absolute atomic E-state index is 0.401. The number of amides is 3. The molecule has 6 unspecified atom stereocenters. The predicted molar refractivity (Wildman–Crippen MR) is 98.7 cm³/mol. The summed E-state index contributed by atoms with van der Waals surface area (Å²) in [4.78, 5) is 58.5. The van der Waals surface area contributed by atoms with Gasteiger partial charge >= 0.3 is 11.9 Å². The molecule has 30 heavy (non-hydrogen) atoms. The summed E-state index contributed by atoms with van der Waals surface area (Å²) in [7, 11) is 0. The van der Waals surface area contributed by atoms with E-state index >= 15 is 0 Å². The molecule has 0 aromatic rings. The highest BCUT2D eigenvalue weighted by atomic mass is 16.4. The molecule has 14 heteroatoms. The summed E-state index contributed by atoms with van der Waals surface area (Å²) in [5.74, 6) is -5.98. The van der Waals surface area contributed by atoms with Gasteiger partial charge in [0, 0.05) is 6.42 Å². The van der Waals surface area contributed by atoms with Gasteiger partial charge in [-0.2, -0.15) is 0 Å². The molecule has 0 aromatic heterocycles. The van der Waals surface area contributed by atoms with Crippen LogP contribution < -0.4 is 21.7 Å². The van der Waals surface area contributed by atoms with Crippen LogP contribution in [0, 0.1) is 0 Å². The van der Waals surface area contributed by atoms with Gasteiger partial charge in [-0.1, -0.05) is 0 Å². The zero-order valence-corrected chi connectivity index (χ0v) is 16.4. The van der Waals surface area contributed by atoms with Crippen LogP contribution in [0.5, 0.6) is 0 Å². The Kier molecular flexibility index (Phi) is 11.5. The van der Waals surface area contributed by atoms with E-state index in [-0.39, 0.29) is 0 Å². The minimum Gasteiger partial charge on any atom is -0.481 e. The first kappa shape index (κ1) is 27.2. The topological polar surface area (TPSA) is 249 Å². The van der Waals surface area contributed by atoms with Gasteiger partial charge in [0.2, 0.25) is 17.7 Å². The zero-order valence-electron chi connectivity index (χ0n) is 16.4. The maximum atomic E-state index is 12.5. The second-order valence-electron chi connectivity index (χ2n) is 6.57. The number of nitrogens with one attached hydrogen (secondary N) is 3. The van der Waals surface area contributed by atoms with Crippen molar-refractivity contribution in [3.05, 3.63) is 0 Å². The number of aliphatic hydroxyl groups is 3. The molecule has 0 saturated carbocycles. The van der Waals surface area contributed by atoms with Gasteiger partial charge in [0.15, 0.2) is 0 Å². The fourth-order valence-electron chi connectivity index (χ4n) is 2.13. The van der Waals surface area contributed by atoms with E-state index in [0.29, 0.717) is 0 Å². The Hall–Kier alpha value is -2.81. The van der Waals surface area contributed by atoms with Crippen LogP contribution >= 0.6 is 0 Å². The molecule has 14 nitrogen and oxygen atoms in total. The molecule has 0 heterocycles. The van der Waals surface area contributed by atoms with Crippen molar-refractivity contribution >= 4 is 29.7 Å². The summed E-state index contributed by atoms with van der Waals surface area (Å²) < 4.78 is 0. The monoisotopic (exact) mass is 436 g/mol. The lowest BCUT2D eigenvalue weighted by Crippen LogP contribution is -2.60. The minimum atomic E-state index is -1.69. The first-order valence-electron chi connectivity index (χ1n) is 8.90. The van der Waals surface area contributed by atoms with Crippen LogP contribution in [0.2, 0.25) is 0 Å². The smallest absolute Gasteiger partial charge is 0.328 e. The van der Waals surface area contributed by atoms with Gasteiger partial charge in [0.25, 0.3) is 0 Å². The molecule has 0 aliphatic rings. The first-order valence-corrected chi connectivity index (χ1v) is 8.90. The molecule has 0 radical (unpaired) electrons. The van der Waals surface area contributed by atoms with Crippen LogP contribution in [0.4, 0.5) is 0 Å². The number of carbonyl (C=O) groups excluding carboxylic acids is 3. The second-order valence-corrected chi connectivity index (χ2v) is 6.57. The Balaban J connectivity index is 5.41. The van der Waals surface area contributed by atoms with E-state index in [2.05, 4.69) is 10.6 Å². The van der Waals surface area contributed by atoms with Crippen molar-refractivity contribution < 1.29 is 49.5 Å². The molecule has 0 fully saturated rings. The molecule has 3 amide bonds. The van der Waals surface area contributed by atoms with Crippen molar-refractivity contribution in [3.8, 4) is 0 Å². The highest BCUT2D eigenvalue weighted by Crippen LogP contribution is 2.03. The van der Waals surface area contributed by atoms with Crippen molar-refractivity contribution in [2.45, 2.75) is 63.1 Å². The van der Waals surface area contributed by atoms with Gasteiger partial charge in [0.05, 0.1) is 18.8 Å². The fourth-order valence-corrected chi connectivity index (χ4v) is 2.13. The van der Waals surface area contributed by atoms with Gasteiger partial charge in [0.1, 0.15) is 24.2 Å². The van der Waals surface area contributed by atoms with E-state index in [0.717, 1.165) is 6.92 Å². The predicted octanol–water partition coefficient (Wildman–Crippen LogP) is -4.53. The van der Waals surface area contributed by atoms with Gasteiger partial charge < -0.3 is 47.2 Å². The fraction of sp³-hybridized carbons (Fsp3) is 0.688. The normalized spacial score (nSPS) is 16.9. The highest BCUT2D eigenvalue weighted by molar-refractivity contribution is 5.94. The van der Waals surface area contributed by atoms with Gasteiger partial charge in [-0.05, 0) is 20.3 Å². The number of carboxylic acid groups (broad SMARTS) is 2. The van der Waals surface area contributed by atoms with Gasteiger partial charge in [-0.15, -0.1) is 0 Å². The number of hydrogen-bond acceptors (Lipinski definition) is 9. The third-order valence-electron chi connectivity index (χ3n) is 3.96. The van der Waals surface area contributed by atoms with E-state index < -0.39 is 85.5 Å². The summed E-state index contributed by atoms with van der Waals surface area (Å²) in [6.45, 7) is 1.40. The van der Waals surface area contributed by atoms with E-state index in [1.807, 2.05) is 5.32 Å². The van der Waals surface area contributed by atoms with Crippen molar-refractivity contribution in [2.24, 2.45) is 5.73 Å².